The van der Waals surface area contributed by atoms with Crippen molar-refractivity contribution >= 4 is 50.5 Å². The highest BCUT2D eigenvalue weighted by molar-refractivity contribution is 7.92. The molecule has 0 aliphatic rings. The number of fused-ring (bicyclic) bond motifs is 3. The highest BCUT2D eigenvalue weighted by Gasteiger charge is 2.36. The Labute approximate surface area is 295 Å². The first-order chi connectivity index (χ1) is 24.1. The molecule has 0 saturated heterocycles. The Morgan fingerprint density at radius 3 is 2.16 bits per heavy atom. The van der Waals surface area contributed by atoms with E-state index in [1.54, 1.807) is 53.5 Å². The van der Waals surface area contributed by atoms with Crippen molar-refractivity contribution in [2.24, 2.45) is 0 Å². The minimum atomic E-state index is -3.99. The summed E-state index contributed by atoms with van der Waals surface area (Å²) in [6, 6.07) is 30.7. The number of hydrogen-bond donors (Lipinski definition) is 0. The van der Waals surface area contributed by atoms with Crippen LogP contribution in [0.2, 0.25) is 25.7 Å². The summed E-state index contributed by atoms with van der Waals surface area (Å²) in [5.74, 6) is 0. The third-order valence-corrected chi connectivity index (χ3v) is 13.5. The number of sulfone groups is 1. The fraction of sp³-hybridized carbons (Fsp3) is 0.243. The van der Waals surface area contributed by atoms with Crippen LogP contribution in [0.5, 0.6) is 0 Å². The summed E-state index contributed by atoms with van der Waals surface area (Å²) in [4.78, 5) is 19.3. The molecule has 0 N–H and O–H groups in total. The summed E-state index contributed by atoms with van der Waals surface area (Å²) in [7, 11) is -5.26. The molecule has 4 aromatic heterocycles. The molecule has 4 heterocycles. The topological polar surface area (TPSA) is 114 Å². The first kappa shape index (κ1) is 33.8. The van der Waals surface area contributed by atoms with Gasteiger partial charge in [-0.25, -0.2) is 22.8 Å². The number of rotatable bonds is 13. The normalized spacial score (nSPS) is 12.9. The van der Waals surface area contributed by atoms with Crippen LogP contribution in [0, 0.1) is 0 Å². The molecule has 0 aliphatic heterocycles. The lowest BCUT2D eigenvalue weighted by Crippen LogP contribution is -2.25. The predicted octanol–water partition coefficient (Wildman–Crippen LogP) is 6.98. The van der Waals surface area contributed by atoms with Gasteiger partial charge in [0.25, 0.3) is 5.56 Å². The molecular formula is C37H38N6O4S2Si. The monoisotopic (exact) mass is 722 g/mol. The number of aromatic nitrogens is 6. The molecule has 0 spiro atoms. The van der Waals surface area contributed by atoms with E-state index in [1.807, 2.05) is 65.2 Å². The Morgan fingerprint density at radius 1 is 0.860 bits per heavy atom. The molecule has 0 radical (unpaired) electrons. The number of thiazole rings is 1. The van der Waals surface area contributed by atoms with Crippen molar-refractivity contribution in [2.75, 3.05) is 6.61 Å². The van der Waals surface area contributed by atoms with Gasteiger partial charge in [-0.15, -0.1) is 11.3 Å². The van der Waals surface area contributed by atoms with Gasteiger partial charge in [-0.3, -0.25) is 4.79 Å². The summed E-state index contributed by atoms with van der Waals surface area (Å²) in [5.41, 5.74) is 3.05. The van der Waals surface area contributed by atoms with Gasteiger partial charge in [-0.05, 0) is 35.4 Å². The summed E-state index contributed by atoms with van der Waals surface area (Å²) < 4.78 is 40.5. The largest absolute Gasteiger partial charge is 0.360 e. The van der Waals surface area contributed by atoms with Crippen molar-refractivity contribution in [1.82, 2.24) is 29.1 Å². The molecule has 50 heavy (non-hydrogen) atoms. The van der Waals surface area contributed by atoms with Gasteiger partial charge in [0.15, 0.2) is 20.7 Å². The summed E-state index contributed by atoms with van der Waals surface area (Å²) in [6.07, 6.45) is 3.44. The van der Waals surface area contributed by atoms with E-state index < -0.39 is 23.2 Å². The van der Waals surface area contributed by atoms with Crippen molar-refractivity contribution in [1.29, 1.82) is 0 Å². The van der Waals surface area contributed by atoms with Gasteiger partial charge in [-0.1, -0.05) is 98.5 Å². The second-order valence-electron chi connectivity index (χ2n) is 13.5. The maximum Gasteiger partial charge on any atom is 0.291 e. The van der Waals surface area contributed by atoms with Crippen LogP contribution in [-0.4, -0.2) is 52.2 Å². The van der Waals surface area contributed by atoms with E-state index in [4.69, 9.17) is 14.8 Å². The van der Waals surface area contributed by atoms with Gasteiger partial charge in [-0.2, -0.15) is 10.2 Å². The van der Waals surface area contributed by atoms with Crippen molar-refractivity contribution in [2.45, 2.75) is 55.7 Å². The van der Waals surface area contributed by atoms with Crippen molar-refractivity contribution in [3.63, 3.8) is 0 Å². The second kappa shape index (κ2) is 13.9. The zero-order valence-electron chi connectivity index (χ0n) is 28.1. The molecule has 0 aliphatic carbocycles. The summed E-state index contributed by atoms with van der Waals surface area (Å²) in [6.45, 7) is 8.41. The SMILES string of the molecule is C[Si](C)(C)CCOCn1ccc(C(c2nc3c(s2)c2cnn(Cc4ccccc4)c(=O)c2n3Cc2ccccc2)S(=O)(=O)c2ccccc2)n1. The Kier molecular flexibility index (Phi) is 9.40. The Morgan fingerprint density at radius 2 is 1.50 bits per heavy atom. The smallest absolute Gasteiger partial charge is 0.291 e. The van der Waals surface area contributed by atoms with Crippen molar-refractivity contribution in [3.05, 3.63) is 142 Å². The molecule has 0 amide bonds. The van der Waals surface area contributed by atoms with Crippen LogP contribution >= 0.6 is 11.3 Å². The Balaban J connectivity index is 1.35. The molecule has 1 atom stereocenters. The average Bonchev–Trinajstić information content (AvgIpc) is 3.81. The van der Waals surface area contributed by atoms with Crippen LogP contribution in [0.4, 0.5) is 0 Å². The van der Waals surface area contributed by atoms with Gasteiger partial charge in [0.1, 0.15) is 17.3 Å². The molecule has 3 aromatic carbocycles. The predicted molar refractivity (Wildman–Crippen MR) is 200 cm³/mol. The van der Waals surface area contributed by atoms with Gasteiger partial charge in [0.05, 0.1) is 28.0 Å². The van der Waals surface area contributed by atoms with Crippen molar-refractivity contribution < 1.29 is 13.2 Å². The van der Waals surface area contributed by atoms with E-state index in [2.05, 4.69) is 24.7 Å². The first-order valence-electron chi connectivity index (χ1n) is 16.5. The molecule has 0 bridgehead atoms. The van der Waals surface area contributed by atoms with E-state index in [-0.39, 0.29) is 17.2 Å². The number of ether oxygens (including phenoxy) is 1. The van der Waals surface area contributed by atoms with Crippen LogP contribution in [-0.2, 0) is 34.4 Å². The summed E-state index contributed by atoms with van der Waals surface area (Å²) >= 11 is 1.26. The highest BCUT2D eigenvalue weighted by Crippen LogP contribution is 2.41. The van der Waals surface area contributed by atoms with E-state index in [0.717, 1.165) is 17.2 Å². The van der Waals surface area contributed by atoms with E-state index in [9.17, 15) is 13.2 Å². The van der Waals surface area contributed by atoms with Gasteiger partial charge < -0.3 is 9.30 Å². The molecule has 7 aromatic rings. The van der Waals surface area contributed by atoms with Gasteiger partial charge in [0.2, 0.25) is 0 Å². The zero-order valence-corrected chi connectivity index (χ0v) is 30.8. The molecule has 0 fully saturated rings. The van der Waals surface area contributed by atoms with Gasteiger partial charge >= 0.3 is 0 Å². The lowest BCUT2D eigenvalue weighted by molar-refractivity contribution is 0.0783. The second-order valence-corrected chi connectivity index (χ2v) is 22.2. The Hall–Kier alpha value is -4.69. The van der Waals surface area contributed by atoms with E-state index >= 15 is 0 Å². The van der Waals surface area contributed by atoms with Crippen LogP contribution in [0.25, 0.3) is 21.3 Å². The molecule has 256 valence electrons. The third-order valence-electron chi connectivity index (χ3n) is 8.53. The number of hydrogen-bond acceptors (Lipinski definition) is 8. The van der Waals surface area contributed by atoms with Gasteiger partial charge in [0, 0.05) is 32.8 Å². The number of nitrogens with zero attached hydrogens (tertiary/aromatic N) is 6. The van der Waals surface area contributed by atoms with E-state index in [1.165, 1.54) is 16.0 Å². The molecule has 13 heteroatoms. The maximum absolute atomic E-state index is 14.4. The fourth-order valence-corrected chi connectivity index (χ4v) is 9.82. The lowest BCUT2D eigenvalue weighted by atomic mass is 10.2. The van der Waals surface area contributed by atoms with Crippen LogP contribution in [0.15, 0.2) is 119 Å². The standard InChI is InChI=1S/C37H38N6O4S2Si/c1-50(2,3)22-21-47-26-41-20-19-31(40-41)34(49(45,46)29-17-11-6-12-18-29)36-39-35-33(48-36)30-23-38-43(25-28-15-9-5-10-16-28)37(44)32(30)42(35)24-27-13-7-4-8-14-27/h4-20,23,34H,21-22,24-26H2,1-3H3. The lowest BCUT2D eigenvalue weighted by Gasteiger charge is -2.15. The van der Waals surface area contributed by atoms with Crippen molar-refractivity contribution in [3.8, 4) is 0 Å². The third kappa shape index (κ3) is 6.99. The van der Waals surface area contributed by atoms with E-state index in [0.29, 0.717) is 51.6 Å². The molecule has 7 rings (SSSR count). The first-order valence-corrected chi connectivity index (χ1v) is 22.5. The molecule has 0 saturated carbocycles. The minimum absolute atomic E-state index is 0.174. The van der Waals surface area contributed by atoms with Crippen LogP contribution in [0.3, 0.4) is 0 Å². The highest BCUT2D eigenvalue weighted by atomic mass is 32.2. The van der Waals surface area contributed by atoms with Crippen LogP contribution in [0.1, 0.15) is 27.1 Å². The molecule has 1 unspecified atom stereocenters. The van der Waals surface area contributed by atoms with Crippen LogP contribution < -0.4 is 5.56 Å². The molecule has 10 nitrogen and oxygen atoms in total. The maximum atomic E-state index is 14.4. The quantitative estimate of drug-likeness (QED) is 0.0933. The fourth-order valence-electron chi connectivity index (χ4n) is 5.89. The minimum Gasteiger partial charge on any atom is -0.360 e. The summed E-state index contributed by atoms with van der Waals surface area (Å²) in [5, 5.41) is 9.07. The molecular weight excluding hydrogens is 685 g/mol. The number of benzene rings is 3. The average molecular weight is 723 g/mol. The Bertz CT molecular complexity index is 2420. The zero-order chi connectivity index (χ0) is 34.9.